The second kappa shape index (κ2) is 8.89. The summed E-state index contributed by atoms with van der Waals surface area (Å²) in [6, 6.07) is 17.8. The first-order valence-electron chi connectivity index (χ1n) is 11.2. The van der Waals surface area contributed by atoms with E-state index < -0.39 is 15.7 Å². The molecule has 6 nitrogen and oxygen atoms in total. The minimum Gasteiger partial charge on any atom is -0.349 e. The first-order chi connectivity index (χ1) is 16.3. The molecule has 0 saturated heterocycles. The maximum atomic E-state index is 13.7. The maximum Gasteiger partial charge on any atom is 0.259 e. The Morgan fingerprint density at radius 1 is 0.971 bits per heavy atom. The highest BCUT2D eigenvalue weighted by Gasteiger charge is 2.36. The summed E-state index contributed by atoms with van der Waals surface area (Å²) in [5.74, 6) is -0.714. The number of nitrogens with zero attached hydrogens (tertiary/aromatic N) is 1. The van der Waals surface area contributed by atoms with Crippen LogP contribution in [0, 0.1) is 0 Å². The van der Waals surface area contributed by atoms with Gasteiger partial charge in [-0.15, -0.1) is 0 Å². The Balaban J connectivity index is 1.63. The van der Waals surface area contributed by atoms with E-state index >= 15 is 0 Å². The van der Waals surface area contributed by atoms with Crippen molar-refractivity contribution in [2.75, 3.05) is 4.90 Å². The van der Waals surface area contributed by atoms with E-state index in [1.54, 1.807) is 36.4 Å². The van der Waals surface area contributed by atoms with E-state index in [1.807, 2.05) is 0 Å². The average molecular weight is 495 g/mol. The zero-order chi connectivity index (χ0) is 23.9. The van der Waals surface area contributed by atoms with Crippen LogP contribution < -0.4 is 10.2 Å². The highest BCUT2D eigenvalue weighted by atomic mass is 35.5. The van der Waals surface area contributed by atoms with Crippen molar-refractivity contribution >= 4 is 38.9 Å². The van der Waals surface area contributed by atoms with Crippen LogP contribution in [0.1, 0.15) is 52.0 Å². The lowest BCUT2D eigenvalue weighted by atomic mass is 10.1. The third kappa shape index (κ3) is 4.10. The third-order valence-electron chi connectivity index (χ3n) is 6.40. The number of carbonyl (C=O) groups is 2. The molecule has 1 aliphatic carbocycles. The summed E-state index contributed by atoms with van der Waals surface area (Å²) < 4.78 is 27.1. The molecule has 1 N–H and O–H groups in total. The van der Waals surface area contributed by atoms with E-state index in [0.29, 0.717) is 10.6 Å². The van der Waals surface area contributed by atoms with Crippen molar-refractivity contribution in [3.63, 3.8) is 0 Å². The summed E-state index contributed by atoms with van der Waals surface area (Å²) in [5.41, 5.74) is 1.39. The van der Waals surface area contributed by atoms with Crippen LogP contribution in [0.5, 0.6) is 0 Å². The Bertz CT molecular complexity index is 1380. The first kappa shape index (κ1) is 22.6. The van der Waals surface area contributed by atoms with E-state index in [0.717, 1.165) is 31.2 Å². The fraction of sp³-hybridized carbons (Fsp3) is 0.231. The summed E-state index contributed by atoms with van der Waals surface area (Å²) in [5, 5.41) is 3.59. The van der Waals surface area contributed by atoms with Crippen molar-refractivity contribution in [3.8, 4) is 0 Å². The van der Waals surface area contributed by atoms with Crippen molar-refractivity contribution in [3.05, 3.63) is 88.4 Å². The minimum absolute atomic E-state index is 0.00261. The van der Waals surface area contributed by atoms with Gasteiger partial charge in [-0.3, -0.25) is 9.59 Å². The largest absolute Gasteiger partial charge is 0.349 e. The second-order valence-corrected chi connectivity index (χ2v) is 11.0. The average Bonchev–Trinajstić information content (AvgIpc) is 3.34. The number of carbonyl (C=O) groups excluding carboxylic acids is 2. The van der Waals surface area contributed by atoms with Crippen molar-refractivity contribution in [1.82, 2.24) is 5.32 Å². The highest BCUT2D eigenvalue weighted by Crippen LogP contribution is 2.38. The van der Waals surface area contributed by atoms with Crippen molar-refractivity contribution < 1.29 is 18.0 Å². The maximum absolute atomic E-state index is 13.7. The van der Waals surface area contributed by atoms with Crippen LogP contribution in [0.4, 0.5) is 5.69 Å². The number of rotatable bonds is 4. The zero-order valence-electron chi connectivity index (χ0n) is 18.3. The SMILES string of the molecule is O=C(NC1CCCC1)c1ccc2c(c1)N(Cc1ccc(Cl)cc1)C(=O)c1ccccc1S2(=O)=O. The predicted octanol–water partition coefficient (Wildman–Crippen LogP) is 5.01. The molecular formula is C26H23ClN2O4S. The fourth-order valence-electron chi connectivity index (χ4n) is 4.62. The topological polar surface area (TPSA) is 83.6 Å². The number of halogens is 1. The molecule has 2 amide bonds. The molecule has 8 heteroatoms. The van der Waals surface area contributed by atoms with Crippen LogP contribution in [0.3, 0.4) is 0 Å². The highest BCUT2D eigenvalue weighted by molar-refractivity contribution is 7.91. The van der Waals surface area contributed by atoms with Crippen LogP contribution in [-0.4, -0.2) is 26.3 Å². The molecule has 3 aromatic rings. The molecule has 0 unspecified atom stereocenters. The summed E-state index contributed by atoms with van der Waals surface area (Å²) in [6.45, 7) is 0.126. The minimum atomic E-state index is -3.98. The smallest absolute Gasteiger partial charge is 0.259 e. The fourth-order valence-corrected chi connectivity index (χ4v) is 6.37. The van der Waals surface area contributed by atoms with Gasteiger partial charge in [-0.05, 0) is 60.9 Å². The Morgan fingerprint density at radius 2 is 1.68 bits per heavy atom. The number of benzene rings is 3. The molecule has 174 valence electrons. The van der Waals surface area contributed by atoms with Crippen LogP contribution >= 0.6 is 11.6 Å². The van der Waals surface area contributed by atoms with Gasteiger partial charge in [0.25, 0.3) is 11.8 Å². The van der Waals surface area contributed by atoms with Crippen molar-refractivity contribution in [2.24, 2.45) is 0 Å². The van der Waals surface area contributed by atoms with Gasteiger partial charge in [-0.2, -0.15) is 0 Å². The summed E-state index contributed by atoms with van der Waals surface area (Å²) >= 11 is 6.02. The summed E-state index contributed by atoms with van der Waals surface area (Å²) in [7, 11) is -3.98. The lowest BCUT2D eigenvalue weighted by Gasteiger charge is -2.24. The molecule has 34 heavy (non-hydrogen) atoms. The lowest BCUT2D eigenvalue weighted by molar-refractivity contribution is 0.0935. The molecule has 1 saturated carbocycles. The molecule has 0 radical (unpaired) electrons. The number of sulfone groups is 1. The Kier molecular flexibility index (Phi) is 5.91. The monoisotopic (exact) mass is 494 g/mol. The van der Waals surface area contributed by atoms with Gasteiger partial charge in [-0.1, -0.05) is 48.7 Å². The molecule has 3 aromatic carbocycles. The molecule has 1 heterocycles. The molecule has 5 rings (SSSR count). The number of amides is 2. The Morgan fingerprint density at radius 3 is 2.41 bits per heavy atom. The number of hydrogen-bond acceptors (Lipinski definition) is 4. The lowest BCUT2D eigenvalue weighted by Crippen LogP contribution is -2.33. The second-order valence-electron chi connectivity index (χ2n) is 8.65. The number of anilines is 1. The van der Waals surface area contributed by atoms with Gasteiger partial charge in [0.2, 0.25) is 9.84 Å². The van der Waals surface area contributed by atoms with E-state index in [2.05, 4.69) is 5.32 Å². The molecule has 1 aliphatic heterocycles. The molecular weight excluding hydrogens is 472 g/mol. The van der Waals surface area contributed by atoms with E-state index in [1.165, 1.54) is 35.2 Å². The van der Waals surface area contributed by atoms with Crippen molar-refractivity contribution in [1.29, 1.82) is 0 Å². The summed E-state index contributed by atoms with van der Waals surface area (Å²) in [6.07, 6.45) is 4.02. The zero-order valence-corrected chi connectivity index (χ0v) is 19.9. The standard InChI is InChI=1S/C26H23ClN2O4S/c27-19-12-9-17(10-13-19)16-29-22-15-18(25(30)28-20-5-1-2-6-20)11-14-24(22)34(32,33)23-8-4-3-7-21(23)26(29)31/h3-4,7-15,20H,1-2,5-6,16H2,(H,28,30). The molecule has 0 atom stereocenters. The number of hydrogen-bond donors (Lipinski definition) is 1. The molecule has 0 bridgehead atoms. The van der Waals surface area contributed by atoms with Gasteiger partial charge in [0.1, 0.15) is 0 Å². The van der Waals surface area contributed by atoms with Crippen LogP contribution in [0.25, 0.3) is 0 Å². The number of nitrogens with one attached hydrogen (secondary N) is 1. The Labute approximate surface area is 203 Å². The predicted molar refractivity (Wildman–Crippen MR) is 130 cm³/mol. The van der Waals surface area contributed by atoms with E-state index in [4.69, 9.17) is 11.6 Å². The first-order valence-corrected chi connectivity index (χ1v) is 13.1. The Hall–Kier alpha value is -3.16. The van der Waals surface area contributed by atoms with E-state index in [-0.39, 0.29) is 39.5 Å². The quantitative estimate of drug-likeness (QED) is 0.553. The normalized spacial score (nSPS) is 17.1. The molecule has 0 spiro atoms. The van der Waals surface area contributed by atoms with Gasteiger partial charge < -0.3 is 10.2 Å². The van der Waals surface area contributed by atoms with E-state index in [9.17, 15) is 18.0 Å². The van der Waals surface area contributed by atoms with Gasteiger partial charge in [0, 0.05) is 16.6 Å². The van der Waals surface area contributed by atoms with Crippen molar-refractivity contribution in [2.45, 2.75) is 48.1 Å². The summed E-state index contributed by atoms with van der Waals surface area (Å²) in [4.78, 5) is 28.0. The molecule has 2 aliphatic rings. The molecule has 1 fully saturated rings. The third-order valence-corrected chi connectivity index (χ3v) is 8.51. The van der Waals surface area contributed by atoms with Gasteiger partial charge in [-0.25, -0.2) is 8.42 Å². The van der Waals surface area contributed by atoms with Crippen LogP contribution in [0.2, 0.25) is 5.02 Å². The van der Waals surface area contributed by atoms with Gasteiger partial charge in [0.15, 0.2) is 0 Å². The van der Waals surface area contributed by atoms with Crippen LogP contribution in [0.15, 0.2) is 76.5 Å². The van der Waals surface area contributed by atoms with Gasteiger partial charge >= 0.3 is 0 Å². The van der Waals surface area contributed by atoms with Crippen LogP contribution in [-0.2, 0) is 16.4 Å². The molecule has 0 aromatic heterocycles. The number of fused-ring (bicyclic) bond motifs is 2. The van der Waals surface area contributed by atoms with Gasteiger partial charge in [0.05, 0.1) is 27.6 Å².